The Labute approximate surface area is 237 Å². The highest BCUT2D eigenvalue weighted by atomic mass is 16.6. The number of carbonyl (C=O) groups excluding carboxylic acids is 3. The van der Waals surface area contributed by atoms with E-state index >= 15 is 0 Å². The van der Waals surface area contributed by atoms with Crippen molar-refractivity contribution in [3.8, 4) is 0 Å². The molecule has 6 saturated carbocycles. The highest BCUT2D eigenvalue weighted by Gasteiger charge is 2.71. The largest absolute Gasteiger partial charge is 0.458 e. The molecule has 7 atom stereocenters. The summed E-state index contributed by atoms with van der Waals surface area (Å²) in [5.74, 6) is 0.0433. The first-order chi connectivity index (χ1) is 18.4. The first-order valence-electron chi connectivity index (χ1n) is 15.3. The Hall–Kier alpha value is -1.71. The van der Waals surface area contributed by atoms with E-state index in [4.69, 9.17) is 19.9 Å². The maximum atomic E-state index is 12.4. The Balaban J connectivity index is 0.000000161. The highest BCUT2D eigenvalue weighted by molar-refractivity contribution is 5.82. The van der Waals surface area contributed by atoms with E-state index in [1.54, 1.807) is 0 Å². The highest BCUT2D eigenvalue weighted by Crippen LogP contribution is 2.62. The summed E-state index contributed by atoms with van der Waals surface area (Å²) >= 11 is 0. The lowest BCUT2D eigenvalue weighted by Crippen LogP contribution is -2.67. The number of carbonyl (C=O) groups is 3. The Morgan fingerprint density at radius 2 is 1.52 bits per heavy atom. The molecule has 1 heterocycles. The summed E-state index contributed by atoms with van der Waals surface area (Å²) in [6.45, 7) is 11.8. The number of hydrogen-bond donors (Lipinski definition) is 3. The third-order valence-corrected chi connectivity index (χ3v) is 11.5. The van der Waals surface area contributed by atoms with Gasteiger partial charge in [-0.3, -0.25) is 14.4 Å². The zero-order chi connectivity index (χ0) is 29.5. The number of fused-ring (bicyclic) bond motifs is 1. The zero-order valence-electron chi connectivity index (χ0n) is 25.1. The van der Waals surface area contributed by atoms with E-state index < -0.39 is 33.0 Å². The van der Waals surface area contributed by atoms with Crippen LogP contribution in [0.2, 0.25) is 0 Å². The van der Waals surface area contributed by atoms with Gasteiger partial charge in [0.2, 0.25) is 0 Å². The summed E-state index contributed by atoms with van der Waals surface area (Å²) in [6.07, 6.45) is 6.18. The second-order valence-electron chi connectivity index (χ2n) is 15.4. The van der Waals surface area contributed by atoms with Crippen LogP contribution in [0.1, 0.15) is 106 Å². The van der Waals surface area contributed by atoms with Gasteiger partial charge in [-0.05, 0) is 78.6 Å². The fraction of sp³-hybridized carbons (Fsp3) is 0.903. The SMILES string of the molecule is CCC(C)(C)C(=O)OC12CC3CC(O)(CC(O)(C3)C1)C2.CCC(C)(C)C(=O)OC1C2CC3C1OC(=O)C3(CN)C2. The van der Waals surface area contributed by atoms with Crippen LogP contribution in [0.25, 0.3) is 0 Å². The number of hydrogen-bond acceptors (Lipinski definition) is 9. The van der Waals surface area contributed by atoms with Crippen LogP contribution in [0.15, 0.2) is 0 Å². The molecule has 226 valence electrons. The van der Waals surface area contributed by atoms with Crippen LogP contribution in [0.4, 0.5) is 0 Å². The van der Waals surface area contributed by atoms with E-state index in [9.17, 15) is 24.6 Å². The summed E-state index contributed by atoms with van der Waals surface area (Å²) in [5.41, 5.74) is 1.98. The van der Waals surface area contributed by atoms with Gasteiger partial charge in [-0.15, -0.1) is 0 Å². The first-order valence-corrected chi connectivity index (χ1v) is 15.3. The molecule has 7 aliphatic rings. The van der Waals surface area contributed by atoms with Crippen molar-refractivity contribution in [2.24, 2.45) is 39.7 Å². The van der Waals surface area contributed by atoms with Crippen molar-refractivity contribution in [1.82, 2.24) is 0 Å². The van der Waals surface area contributed by atoms with Crippen LogP contribution >= 0.6 is 0 Å². The van der Waals surface area contributed by atoms with Crippen LogP contribution in [-0.4, -0.2) is 63.7 Å². The van der Waals surface area contributed by atoms with Crippen molar-refractivity contribution in [3.63, 3.8) is 0 Å². The molecule has 0 aromatic carbocycles. The third-order valence-electron chi connectivity index (χ3n) is 11.5. The van der Waals surface area contributed by atoms with Gasteiger partial charge in [0.25, 0.3) is 0 Å². The summed E-state index contributed by atoms with van der Waals surface area (Å²) in [6, 6.07) is 0. The molecule has 40 heavy (non-hydrogen) atoms. The topological polar surface area (TPSA) is 145 Å². The molecule has 1 saturated heterocycles. The fourth-order valence-electron chi connectivity index (χ4n) is 8.83. The summed E-state index contributed by atoms with van der Waals surface area (Å²) in [7, 11) is 0. The third kappa shape index (κ3) is 4.68. The predicted octanol–water partition coefficient (Wildman–Crippen LogP) is 3.41. The van der Waals surface area contributed by atoms with Crippen LogP contribution < -0.4 is 5.73 Å². The molecule has 9 nitrogen and oxygen atoms in total. The Kier molecular flexibility index (Phi) is 6.99. The smallest absolute Gasteiger partial charge is 0.314 e. The van der Waals surface area contributed by atoms with Gasteiger partial charge in [-0.25, -0.2) is 0 Å². The monoisotopic (exact) mass is 563 g/mol. The molecule has 0 radical (unpaired) electrons. The molecule has 0 aromatic rings. The van der Waals surface area contributed by atoms with E-state index in [2.05, 4.69) is 0 Å². The standard InChI is InChI=1S/C16H26O4.C15H23NO4/c1-4-13(2,3)12(17)20-16-7-11-5-14(18,9-16)8-15(19,6-11)10-16;1-4-14(2,3)12(17)19-10-8-5-9-11(10)20-13(18)15(9,6-8)7-16/h11,18-19H,4-10H2,1-3H3;8-11H,4-7,16H2,1-3H3. The van der Waals surface area contributed by atoms with Crippen molar-refractivity contribution >= 4 is 17.9 Å². The lowest BCUT2D eigenvalue weighted by atomic mass is 9.50. The lowest BCUT2D eigenvalue weighted by molar-refractivity contribution is -0.264. The molecule has 0 spiro atoms. The van der Waals surface area contributed by atoms with Gasteiger partial charge in [0.05, 0.1) is 27.4 Å². The quantitative estimate of drug-likeness (QED) is 0.313. The second kappa shape index (κ2) is 9.40. The normalized spacial score (nSPS) is 44.2. The minimum atomic E-state index is -0.842. The van der Waals surface area contributed by atoms with Gasteiger partial charge in [-0.1, -0.05) is 13.8 Å². The Morgan fingerprint density at radius 3 is 2.05 bits per heavy atom. The summed E-state index contributed by atoms with van der Waals surface area (Å²) in [5, 5.41) is 21.3. The van der Waals surface area contributed by atoms with Gasteiger partial charge in [0.1, 0.15) is 17.8 Å². The van der Waals surface area contributed by atoms with Crippen molar-refractivity contribution < 1.29 is 38.8 Å². The molecular formula is C31H49NO8. The maximum Gasteiger partial charge on any atom is 0.314 e. The minimum absolute atomic E-state index is 0.132. The van der Waals surface area contributed by atoms with E-state index in [1.165, 1.54) is 0 Å². The molecule has 4 N–H and O–H groups in total. The molecule has 9 heteroatoms. The molecule has 7 fully saturated rings. The first kappa shape index (κ1) is 29.8. The molecular weight excluding hydrogens is 514 g/mol. The fourth-order valence-corrected chi connectivity index (χ4v) is 8.83. The van der Waals surface area contributed by atoms with Crippen molar-refractivity contribution in [2.45, 2.75) is 135 Å². The van der Waals surface area contributed by atoms with E-state index in [-0.39, 0.29) is 47.9 Å². The maximum absolute atomic E-state index is 12.4. The molecule has 7 rings (SSSR count). The van der Waals surface area contributed by atoms with Crippen LogP contribution in [0.5, 0.6) is 0 Å². The van der Waals surface area contributed by atoms with E-state index in [0.717, 1.165) is 38.5 Å². The zero-order valence-corrected chi connectivity index (χ0v) is 25.1. The van der Waals surface area contributed by atoms with Gasteiger partial charge in [-0.2, -0.15) is 0 Å². The van der Waals surface area contributed by atoms with Gasteiger partial charge in [0, 0.05) is 37.6 Å². The number of ether oxygens (including phenoxy) is 3. The minimum Gasteiger partial charge on any atom is -0.458 e. The number of nitrogens with two attached hydrogens (primary N) is 1. The summed E-state index contributed by atoms with van der Waals surface area (Å²) < 4.78 is 17.1. The van der Waals surface area contributed by atoms with Crippen molar-refractivity contribution in [3.05, 3.63) is 0 Å². The van der Waals surface area contributed by atoms with E-state index in [1.807, 2.05) is 41.5 Å². The molecule has 6 aliphatic carbocycles. The molecule has 0 aromatic heterocycles. The number of esters is 3. The molecule has 7 unspecified atom stereocenters. The van der Waals surface area contributed by atoms with Crippen LogP contribution in [0, 0.1) is 34.0 Å². The average molecular weight is 564 g/mol. The Bertz CT molecular complexity index is 1050. The van der Waals surface area contributed by atoms with Gasteiger partial charge >= 0.3 is 17.9 Å². The second-order valence-corrected chi connectivity index (χ2v) is 15.4. The van der Waals surface area contributed by atoms with Gasteiger partial charge in [0.15, 0.2) is 0 Å². The van der Waals surface area contributed by atoms with Crippen LogP contribution in [0.3, 0.4) is 0 Å². The van der Waals surface area contributed by atoms with Gasteiger partial charge < -0.3 is 30.2 Å². The average Bonchev–Trinajstić information content (AvgIpc) is 3.44. The molecule has 0 amide bonds. The number of aliphatic hydroxyl groups is 2. The van der Waals surface area contributed by atoms with Crippen molar-refractivity contribution in [1.29, 1.82) is 0 Å². The predicted molar refractivity (Wildman–Crippen MR) is 146 cm³/mol. The van der Waals surface area contributed by atoms with E-state index in [0.29, 0.717) is 32.2 Å². The number of rotatable bonds is 7. The molecule has 1 aliphatic heterocycles. The van der Waals surface area contributed by atoms with Crippen LogP contribution in [-0.2, 0) is 28.6 Å². The van der Waals surface area contributed by atoms with Crippen molar-refractivity contribution in [2.75, 3.05) is 6.54 Å². The Morgan fingerprint density at radius 1 is 0.950 bits per heavy atom. The lowest BCUT2D eigenvalue weighted by Gasteiger charge is -2.62. The summed E-state index contributed by atoms with van der Waals surface area (Å²) in [4.78, 5) is 36.7. The molecule has 6 bridgehead atoms.